The van der Waals surface area contributed by atoms with E-state index in [-0.39, 0.29) is 26.1 Å². The molecule has 2 atom stereocenters. The number of aromatic nitrogens is 1. The van der Waals surface area contributed by atoms with Gasteiger partial charge in [-0.25, -0.2) is 15.1 Å². The number of urea groups is 1. The number of benzene rings is 2. The lowest BCUT2D eigenvalue weighted by molar-refractivity contribution is -0.180. The van der Waals surface area contributed by atoms with Gasteiger partial charge in [-0.2, -0.15) is 0 Å². The van der Waals surface area contributed by atoms with E-state index < -0.39 is 48.9 Å². The minimum atomic E-state index is -1.14. The molecule has 2 aromatic carbocycles. The number of rotatable bonds is 20. The van der Waals surface area contributed by atoms with Crippen LogP contribution in [0.2, 0.25) is 0 Å². The quantitative estimate of drug-likeness (QED) is 0.0683. The van der Waals surface area contributed by atoms with Crippen molar-refractivity contribution in [3.8, 4) is 0 Å². The van der Waals surface area contributed by atoms with Gasteiger partial charge in [-0.3, -0.25) is 19.4 Å². The van der Waals surface area contributed by atoms with Gasteiger partial charge in [0.15, 0.2) is 12.9 Å². The number of carbonyl (C=O) groups is 4. The zero-order valence-electron chi connectivity index (χ0n) is 27.6. The minimum absolute atomic E-state index is 0.150. The summed E-state index contributed by atoms with van der Waals surface area (Å²) < 4.78 is 11.7. The Morgan fingerprint density at radius 2 is 1.65 bits per heavy atom. The third kappa shape index (κ3) is 12.4. The number of ether oxygens (including phenoxy) is 2. The lowest BCUT2D eigenvalue weighted by Gasteiger charge is -2.36. The maximum absolute atomic E-state index is 14.4. The maximum atomic E-state index is 14.4. The van der Waals surface area contributed by atoms with Crippen molar-refractivity contribution in [2.45, 2.75) is 71.5 Å². The van der Waals surface area contributed by atoms with Crippen LogP contribution in [0.5, 0.6) is 0 Å². The van der Waals surface area contributed by atoms with Gasteiger partial charge in [0.25, 0.3) is 0 Å². The summed E-state index contributed by atoms with van der Waals surface area (Å²) in [4.78, 5) is 61.8. The van der Waals surface area contributed by atoms with Crippen LogP contribution in [0, 0.1) is 0 Å². The Labute approximate surface area is 280 Å². The molecule has 1 aromatic heterocycles. The van der Waals surface area contributed by atoms with Crippen LogP contribution >= 0.6 is 0 Å². The van der Waals surface area contributed by atoms with E-state index in [0.29, 0.717) is 26.1 Å². The van der Waals surface area contributed by atoms with E-state index >= 15 is 0 Å². The summed E-state index contributed by atoms with van der Waals surface area (Å²) in [6.45, 7) is 6.26. The first kappa shape index (κ1) is 37.7. The number of nitrogens with one attached hydrogen (secondary N) is 4. The number of hydrogen-bond acceptors (Lipinski definition) is 8. The first-order valence-electron chi connectivity index (χ1n) is 16.0. The van der Waals surface area contributed by atoms with Gasteiger partial charge < -0.3 is 35.4 Å². The van der Waals surface area contributed by atoms with Crippen LogP contribution < -0.4 is 21.4 Å². The summed E-state index contributed by atoms with van der Waals surface area (Å²) in [6, 6.07) is 16.6. The summed E-state index contributed by atoms with van der Waals surface area (Å²) >= 11 is 0. The van der Waals surface area contributed by atoms with E-state index in [1.54, 1.807) is 11.1 Å². The molecule has 0 aliphatic carbocycles. The molecule has 5 amide bonds. The highest BCUT2D eigenvalue weighted by Gasteiger charge is 2.34. The van der Waals surface area contributed by atoms with E-state index in [4.69, 9.17) is 19.4 Å². The Bertz CT molecular complexity index is 1450. The number of para-hydroxylation sites is 1. The van der Waals surface area contributed by atoms with Crippen LogP contribution in [-0.2, 0) is 37.0 Å². The molecule has 0 radical (unpaired) electrons. The Hall–Kier alpha value is -4.79. The first-order valence-corrected chi connectivity index (χ1v) is 16.0. The van der Waals surface area contributed by atoms with Crippen LogP contribution in [0.25, 0.3) is 10.9 Å². The SMILES string of the molecule is CCOC(OCC)[C@H](C)N(Cc1cccc2cccnc12)C(=O)[C@H](CCCCNC(=O)O)NC(=O)CONC(=O)NCc1ccccc1. The van der Waals surface area contributed by atoms with E-state index in [2.05, 4.69) is 26.4 Å². The van der Waals surface area contributed by atoms with Crippen molar-refractivity contribution in [3.63, 3.8) is 0 Å². The molecule has 260 valence electrons. The highest BCUT2D eigenvalue weighted by atomic mass is 16.7. The van der Waals surface area contributed by atoms with Gasteiger partial charge in [-0.1, -0.05) is 54.6 Å². The fraction of sp³-hybridized carbons (Fsp3) is 0.441. The van der Waals surface area contributed by atoms with Crippen molar-refractivity contribution in [2.24, 2.45) is 0 Å². The molecular weight excluding hydrogens is 620 g/mol. The van der Waals surface area contributed by atoms with Crippen molar-refractivity contribution >= 4 is 34.8 Å². The van der Waals surface area contributed by atoms with Crippen molar-refractivity contribution < 1.29 is 38.6 Å². The third-order valence-electron chi connectivity index (χ3n) is 7.38. The average molecular weight is 667 g/mol. The maximum Gasteiger partial charge on any atom is 0.404 e. The fourth-order valence-electron chi connectivity index (χ4n) is 5.05. The second-order valence-corrected chi connectivity index (χ2v) is 10.9. The number of carbonyl (C=O) groups excluding carboxylic acids is 3. The number of hydroxylamine groups is 1. The lowest BCUT2D eigenvalue weighted by Crippen LogP contribution is -2.55. The Morgan fingerprint density at radius 3 is 2.35 bits per heavy atom. The average Bonchev–Trinajstić information content (AvgIpc) is 3.08. The fourth-order valence-corrected chi connectivity index (χ4v) is 5.05. The van der Waals surface area contributed by atoms with Gasteiger partial charge in [0.1, 0.15) is 6.04 Å². The highest BCUT2D eigenvalue weighted by Crippen LogP contribution is 2.22. The van der Waals surface area contributed by atoms with Crippen LogP contribution in [0.3, 0.4) is 0 Å². The summed E-state index contributed by atoms with van der Waals surface area (Å²) in [5.41, 5.74) is 4.60. The zero-order chi connectivity index (χ0) is 34.7. The number of amides is 5. The van der Waals surface area contributed by atoms with Crippen LogP contribution in [0.15, 0.2) is 66.9 Å². The van der Waals surface area contributed by atoms with Gasteiger partial charge in [0.05, 0.1) is 11.6 Å². The first-order chi connectivity index (χ1) is 23.2. The Balaban J connectivity index is 1.77. The molecule has 0 spiro atoms. The lowest BCUT2D eigenvalue weighted by atomic mass is 10.0. The van der Waals surface area contributed by atoms with Gasteiger partial charge in [0, 0.05) is 44.4 Å². The molecule has 0 fully saturated rings. The predicted octanol–water partition coefficient (Wildman–Crippen LogP) is 3.70. The molecule has 0 saturated carbocycles. The summed E-state index contributed by atoms with van der Waals surface area (Å²) in [5.74, 6) is -1.03. The molecular formula is C34H46N6O8. The Kier molecular flexibility index (Phi) is 16.0. The largest absolute Gasteiger partial charge is 0.465 e. The summed E-state index contributed by atoms with van der Waals surface area (Å²) in [5, 5.41) is 17.5. The summed E-state index contributed by atoms with van der Waals surface area (Å²) in [7, 11) is 0. The standard InChI is InChI=1S/C34H46N6O8/c1-4-46-32(47-5-2)24(3)40(22-27-16-11-15-26-17-12-20-35-30(26)27)31(42)28(18-9-10-19-36-34(44)45)38-29(41)23-48-39-33(43)37-21-25-13-7-6-8-14-25/h6-8,11-17,20,24,28,32,36H,4-5,9-10,18-19,21-23H2,1-3H3,(H,38,41)(H,44,45)(H2,37,39,43)/t24-,28-/m0/s1. The van der Waals surface area contributed by atoms with E-state index in [0.717, 1.165) is 22.0 Å². The van der Waals surface area contributed by atoms with E-state index in [1.807, 2.05) is 81.4 Å². The normalized spacial score (nSPS) is 12.2. The Morgan fingerprint density at radius 1 is 0.917 bits per heavy atom. The van der Waals surface area contributed by atoms with Crippen molar-refractivity contribution in [1.82, 2.24) is 31.3 Å². The number of nitrogens with zero attached hydrogens (tertiary/aromatic N) is 2. The van der Waals surface area contributed by atoms with Crippen LogP contribution in [0.1, 0.15) is 51.2 Å². The molecule has 14 heteroatoms. The molecule has 14 nitrogen and oxygen atoms in total. The van der Waals surface area contributed by atoms with Crippen molar-refractivity contribution in [3.05, 3.63) is 78.0 Å². The molecule has 5 N–H and O–H groups in total. The molecule has 3 aromatic rings. The number of carboxylic acid groups (broad SMARTS) is 1. The molecule has 3 rings (SSSR count). The topological polar surface area (TPSA) is 180 Å². The molecule has 0 unspecified atom stereocenters. The molecule has 0 aliphatic heterocycles. The third-order valence-corrected chi connectivity index (χ3v) is 7.38. The molecule has 1 heterocycles. The van der Waals surface area contributed by atoms with Gasteiger partial charge in [0.2, 0.25) is 11.8 Å². The number of pyridine rings is 1. The zero-order valence-corrected chi connectivity index (χ0v) is 27.6. The number of unbranched alkanes of at least 4 members (excludes halogenated alkanes) is 1. The smallest absolute Gasteiger partial charge is 0.404 e. The molecule has 0 aliphatic rings. The molecule has 0 bridgehead atoms. The second-order valence-electron chi connectivity index (χ2n) is 10.9. The van der Waals surface area contributed by atoms with Gasteiger partial charge in [-0.05, 0) is 57.2 Å². The number of fused-ring (bicyclic) bond motifs is 1. The molecule has 0 saturated heterocycles. The predicted molar refractivity (Wildman–Crippen MR) is 178 cm³/mol. The van der Waals surface area contributed by atoms with Crippen molar-refractivity contribution in [2.75, 3.05) is 26.4 Å². The van der Waals surface area contributed by atoms with Gasteiger partial charge in [-0.15, -0.1) is 0 Å². The van der Waals surface area contributed by atoms with Crippen LogP contribution in [-0.4, -0.2) is 83.7 Å². The monoisotopic (exact) mass is 666 g/mol. The minimum Gasteiger partial charge on any atom is -0.465 e. The van der Waals surface area contributed by atoms with E-state index in [1.165, 1.54) is 0 Å². The number of hydrogen-bond donors (Lipinski definition) is 5. The van der Waals surface area contributed by atoms with Crippen LogP contribution in [0.4, 0.5) is 9.59 Å². The second kappa shape index (κ2) is 20.4. The highest BCUT2D eigenvalue weighted by molar-refractivity contribution is 5.89. The molecule has 48 heavy (non-hydrogen) atoms. The van der Waals surface area contributed by atoms with Gasteiger partial charge >= 0.3 is 12.1 Å². The van der Waals surface area contributed by atoms with Crippen molar-refractivity contribution in [1.29, 1.82) is 0 Å². The summed E-state index contributed by atoms with van der Waals surface area (Å²) in [6.07, 6.45) is 0.877. The van der Waals surface area contributed by atoms with E-state index in [9.17, 15) is 19.2 Å².